The molecule has 0 saturated heterocycles. The van der Waals surface area contributed by atoms with Crippen molar-refractivity contribution in [2.45, 2.75) is 26.4 Å². The summed E-state index contributed by atoms with van der Waals surface area (Å²) in [6.07, 6.45) is 3.62. The Morgan fingerprint density at radius 2 is 2.19 bits per heavy atom. The normalized spacial score (nSPS) is 10.9. The Bertz CT molecular complexity index is 919. The fraction of sp³-hybridized carbons (Fsp3) is 0.235. The van der Waals surface area contributed by atoms with Gasteiger partial charge >= 0.3 is 0 Å². The van der Waals surface area contributed by atoms with Gasteiger partial charge in [0.2, 0.25) is 5.91 Å². The molecule has 0 fully saturated rings. The van der Waals surface area contributed by atoms with Crippen molar-refractivity contribution in [3.05, 3.63) is 63.2 Å². The van der Waals surface area contributed by atoms with Gasteiger partial charge in [-0.3, -0.25) is 14.2 Å². The molecule has 9 heteroatoms. The van der Waals surface area contributed by atoms with Crippen molar-refractivity contribution in [1.29, 1.82) is 0 Å². The number of rotatable bonds is 6. The predicted octanol–water partition coefficient (Wildman–Crippen LogP) is 4.02. The zero-order valence-electron chi connectivity index (χ0n) is 13.9. The summed E-state index contributed by atoms with van der Waals surface area (Å²) in [5, 5.41) is 11.5. The Labute approximate surface area is 163 Å². The van der Waals surface area contributed by atoms with Crippen LogP contribution in [0.3, 0.4) is 0 Å². The monoisotopic (exact) mass is 439 g/mol. The highest BCUT2D eigenvalue weighted by atomic mass is 79.9. The van der Waals surface area contributed by atoms with E-state index in [9.17, 15) is 9.18 Å². The van der Waals surface area contributed by atoms with Gasteiger partial charge in [0.1, 0.15) is 5.82 Å². The minimum Gasteiger partial charge on any atom is -0.308 e. The van der Waals surface area contributed by atoms with E-state index in [-0.39, 0.29) is 18.9 Å². The highest BCUT2D eigenvalue weighted by Gasteiger charge is 2.13. The third-order valence-corrected chi connectivity index (χ3v) is 4.77. The highest BCUT2D eigenvalue weighted by molar-refractivity contribution is 9.10. The van der Waals surface area contributed by atoms with E-state index in [1.807, 2.05) is 13.0 Å². The van der Waals surface area contributed by atoms with Crippen LogP contribution in [0.4, 0.5) is 10.2 Å². The SMILES string of the molecule is Cc1ccnn1CCC(=O)Nc1nn(Cc2c(F)cccc2Cl)cc1Br. The molecule has 0 unspecified atom stereocenters. The largest absolute Gasteiger partial charge is 0.308 e. The molecule has 0 bridgehead atoms. The minimum atomic E-state index is -0.399. The molecule has 0 saturated carbocycles. The van der Waals surface area contributed by atoms with Crippen LogP contribution in [0, 0.1) is 12.7 Å². The summed E-state index contributed by atoms with van der Waals surface area (Å²) in [5.74, 6) is -0.210. The number of nitrogens with zero attached hydrogens (tertiary/aromatic N) is 4. The van der Waals surface area contributed by atoms with Gasteiger partial charge in [0.05, 0.1) is 11.0 Å². The second-order valence-corrected chi connectivity index (χ2v) is 6.98. The van der Waals surface area contributed by atoms with Crippen LogP contribution >= 0.6 is 27.5 Å². The first-order valence-electron chi connectivity index (χ1n) is 7.88. The number of nitrogens with one attached hydrogen (secondary N) is 1. The molecule has 136 valence electrons. The number of anilines is 1. The minimum absolute atomic E-state index is 0.159. The molecule has 0 aliphatic heterocycles. The quantitative estimate of drug-likeness (QED) is 0.630. The fourth-order valence-electron chi connectivity index (χ4n) is 2.44. The number of benzene rings is 1. The van der Waals surface area contributed by atoms with Gasteiger partial charge in [0.15, 0.2) is 5.82 Å². The van der Waals surface area contributed by atoms with Crippen molar-refractivity contribution in [1.82, 2.24) is 19.6 Å². The first kappa shape index (κ1) is 18.6. The molecule has 1 amide bonds. The van der Waals surface area contributed by atoms with Crippen LogP contribution in [0.1, 0.15) is 17.7 Å². The van der Waals surface area contributed by atoms with Gasteiger partial charge in [-0.25, -0.2) is 4.39 Å². The van der Waals surface area contributed by atoms with Gasteiger partial charge in [-0.2, -0.15) is 10.2 Å². The van der Waals surface area contributed by atoms with Gasteiger partial charge in [0.25, 0.3) is 0 Å². The van der Waals surface area contributed by atoms with Crippen molar-refractivity contribution < 1.29 is 9.18 Å². The summed E-state index contributed by atoms with van der Waals surface area (Å²) >= 11 is 9.40. The number of aryl methyl sites for hydroxylation is 2. The lowest BCUT2D eigenvalue weighted by Crippen LogP contribution is -2.16. The van der Waals surface area contributed by atoms with E-state index in [1.54, 1.807) is 29.2 Å². The van der Waals surface area contributed by atoms with Crippen molar-refractivity contribution in [3.63, 3.8) is 0 Å². The van der Waals surface area contributed by atoms with Gasteiger partial charge in [-0.15, -0.1) is 0 Å². The van der Waals surface area contributed by atoms with Crippen LogP contribution in [-0.2, 0) is 17.9 Å². The van der Waals surface area contributed by atoms with Crippen molar-refractivity contribution in [3.8, 4) is 0 Å². The number of hydrogen-bond donors (Lipinski definition) is 1. The maximum atomic E-state index is 13.9. The zero-order valence-corrected chi connectivity index (χ0v) is 16.3. The van der Waals surface area contributed by atoms with Crippen LogP contribution in [0.25, 0.3) is 0 Å². The van der Waals surface area contributed by atoms with Crippen LogP contribution in [-0.4, -0.2) is 25.5 Å². The van der Waals surface area contributed by atoms with Crippen molar-refractivity contribution >= 4 is 39.3 Å². The molecule has 3 rings (SSSR count). The molecule has 1 N–H and O–H groups in total. The summed E-state index contributed by atoms with van der Waals surface area (Å²) in [4.78, 5) is 12.1. The lowest BCUT2D eigenvalue weighted by atomic mass is 10.2. The summed E-state index contributed by atoms with van der Waals surface area (Å²) in [7, 11) is 0. The molecule has 0 aliphatic carbocycles. The van der Waals surface area contributed by atoms with E-state index in [2.05, 4.69) is 31.4 Å². The van der Waals surface area contributed by atoms with Gasteiger partial charge in [-0.1, -0.05) is 17.7 Å². The molecule has 6 nitrogen and oxygen atoms in total. The first-order chi connectivity index (χ1) is 12.4. The second-order valence-electron chi connectivity index (χ2n) is 5.72. The molecule has 0 aliphatic rings. The molecule has 2 aromatic heterocycles. The van der Waals surface area contributed by atoms with E-state index in [4.69, 9.17) is 11.6 Å². The Morgan fingerprint density at radius 1 is 1.38 bits per heavy atom. The lowest BCUT2D eigenvalue weighted by Gasteiger charge is -2.06. The van der Waals surface area contributed by atoms with E-state index < -0.39 is 5.82 Å². The standard InChI is InChI=1S/C17H16BrClFN5O/c1-11-5-7-21-25(11)8-6-16(26)22-17-13(18)10-24(23-17)9-12-14(19)3-2-4-15(12)20/h2-5,7,10H,6,8-9H2,1H3,(H,22,23,26). The number of carbonyl (C=O) groups is 1. The predicted molar refractivity (Wildman–Crippen MR) is 101 cm³/mol. The van der Waals surface area contributed by atoms with E-state index in [1.165, 1.54) is 10.7 Å². The third-order valence-electron chi connectivity index (χ3n) is 3.84. The molecular weight excluding hydrogens is 425 g/mol. The number of aromatic nitrogens is 4. The van der Waals surface area contributed by atoms with E-state index in [0.717, 1.165) is 5.69 Å². The third kappa shape index (κ3) is 4.31. The van der Waals surface area contributed by atoms with Gasteiger partial charge in [-0.05, 0) is 41.1 Å². The molecule has 0 atom stereocenters. The second kappa shape index (κ2) is 8.01. The van der Waals surface area contributed by atoms with Gasteiger partial charge < -0.3 is 5.32 Å². The summed E-state index contributed by atoms with van der Waals surface area (Å²) in [5.41, 5.74) is 1.33. The van der Waals surface area contributed by atoms with E-state index in [0.29, 0.717) is 27.4 Å². The lowest BCUT2D eigenvalue weighted by molar-refractivity contribution is -0.116. The first-order valence-corrected chi connectivity index (χ1v) is 9.05. The topological polar surface area (TPSA) is 64.7 Å². The number of amides is 1. The fourth-order valence-corrected chi connectivity index (χ4v) is 3.08. The number of halogens is 3. The van der Waals surface area contributed by atoms with Crippen LogP contribution in [0.2, 0.25) is 5.02 Å². The Balaban J connectivity index is 1.64. The Kier molecular flexibility index (Phi) is 5.73. The average Bonchev–Trinajstić information content (AvgIpc) is 3.15. The molecular formula is C17H16BrClFN5O. The highest BCUT2D eigenvalue weighted by Crippen LogP contribution is 2.24. The van der Waals surface area contributed by atoms with Crippen LogP contribution in [0.5, 0.6) is 0 Å². The van der Waals surface area contributed by atoms with Crippen LogP contribution < -0.4 is 5.32 Å². The molecule has 3 aromatic rings. The summed E-state index contributed by atoms with van der Waals surface area (Å²) in [6.45, 7) is 2.57. The molecule has 1 aromatic carbocycles. The maximum absolute atomic E-state index is 13.9. The van der Waals surface area contributed by atoms with E-state index >= 15 is 0 Å². The summed E-state index contributed by atoms with van der Waals surface area (Å²) < 4.78 is 17.8. The van der Waals surface area contributed by atoms with Crippen molar-refractivity contribution in [2.24, 2.45) is 0 Å². The number of hydrogen-bond acceptors (Lipinski definition) is 3. The number of carbonyl (C=O) groups excluding carboxylic acids is 1. The maximum Gasteiger partial charge on any atom is 0.227 e. The van der Waals surface area contributed by atoms with Crippen molar-refractivity contribution in [2.75, 3.05) is 5.32 Å². The smallest absolute Gasteiger partial charge is 0.227 e. The molecule has 0 spiro atoms. The average molecular weight is 441 g/mol. The molecule has 0 radical (unpaired) electrons. The Morgan fingerprint density at radius 3 is 2.88 bits per heavy atom. The Hall–Kier alpha value is -2.19. The van der Waals surface area contributed by atoms with Gasteiger partial charge in [0, 0.05) is 41.6 Å². The van der Waals surface area contributed by atoms with Crippen LogP contribution in [0.15, 0.2) is 41.1 Å². The molecule has 26 heavy (non-hydrogen) atoms. The summed E-state index contributed by atoms with van der Waals surface area (Å²) in [6, 6.07) is 6.40. The molecule has 2 heterocycles. The zero-order chi connectivity index (χ0) is 18.7.